The van der Waals surface area contributed by atoms with Crippen molar-refractivity contribution in [2.24, 2.45) is 5.92 Å². The highest BCUT2D eigenvalue weighted by Crippen LogP contribution is 2.25. The monoisotopic (exact) mass is 267 g/mol. The Balaban J connectivity index is 2.09. The molecule has 2 atom stereocenters. The van der Waals surface area contributed by atoms with Crippen molar-refractivity contribution in [2.75, 3.05) is 6.54 Å². The van der Waals surface area contributed by atoms with Crippen LogP contribution in [-0.2, 0) is 11.3 Å². The van der Waals surface area contributed by atoms with Crippen molar-refractivity contribution < 1.29 is 9.90 Å². The number of likely N-dealkylation sites (tertiary alicyclic amines) is 1. The number of aliphatic carboxylic acids is 1. The zero-order valence-corrected chi connectivity index (χ0v) is 11.2. The Bertz CT molecular complexity index is 436. The molecule has 3 nitrogen and oxygen atoms in total. The number of rotatable bonds is 3. The van der Waals surface area contributed by atoms with Crippen LogP contribution in [0.3, 0.4) is 0 Å². The molecule has 0 aromatic heterocycles. The minimum absolute atomic E-state index is 0.368. The van der Waals surface area contributed by atoms with Crippen molar-refractivity contribution in [3.05, 3.63) is 34.9 Å². The van der Waals surface area contributed by atoms with Crippen LogP contribution in [-0.4, -0.2) is 28.6 Å². The minimum Gasteiger partial charge on any atom is -0.480 e. The summed E-state index contributed by atoms with van der Waals surface area (Å²) in [5, 5.41) is 9.99. The molecule has 0 amide bonds. The van der Waals surface area contributed by atoms with Crippen LogP contribution in [0, 0.1) is 5.92 Å². The van der Waals surface area contributed by atoms with E-state index in [2.05, 4.69) is 6.92 Å². The number of carboxylic acid groups (broad SMARTS) is 1. The quantitative estimate of drug-likeness (QED) is 0.915. The average Bonchev–Trinajstić information content (AvgIpc) is 2.31. The summed E-state index contributed by atoms with van der Waals surface area (Å²) in [6, 6.07) is 7.26. The van der Waals surface area contributed by atoms with E-state index in [0.29, 0.717) is 17.5 Å². The summed E-state index contributed by atoms with van der Waals surface area (Å²) in [6.45, 7) is 3.61. The average molecular weight is 268 g/mol. The number of carboxylic acids is 1. The first kappa shape index (κ1) is 13.4. The van der Waals surface area contributed by atoms with Crippen molar-refractivity contribution in [3.63, 3.8) is 0 Å². The highest BCUT2D eigenvalue weighted by atomic mass is 35.5. The lowest BCUT2D eigenvalue weighted by Gasteiger charge is -2.36. The Labute approximate surface area is 112 Å². The van der Waals surface area contributed by atoms with Gasteiger partial charge in [-0.1, -0.05) is 30.7 Å². The second-order valence-electron chi connectivity index (χ2n) is 5.08. The maximum Gasteiger partial charge on any atom is 0.320 e. The zero-order valence-electron chi connectivity index (χ0n) is 10.5. The molecule has 4 heteroatoms. The second-order valence-corrected chi connectivity index (χ2v) is 5.52. The summed E-state index contributed by atoms with van der Waals surface area (Å²) in [5.41, 5.74) is 1.07. The smallest absolute Gasteiger partial charge is 0.320 e. The predicted octanol–water partition coefficient (Wildman–Crippen LogP) is 3.03. The Morgan fingerprint density at radius 3 is 3.00 bits per heavy atom. The highest BCUT2D eigenvalue weighted by molar-refractivity contribution is 6.30. The van der Waals surface area contributed by atoms with E-state index in [4.69, 9.17) is 11.6 Å². The van der Waals surface area contributed by atoms with Crippen LogP contribution < -0.4 is 0 Å². The van der Waals surface area contributed by atoms with E-state index in [1.807, 2.05) is 29.2 Å². The summed E-state index contributed by atoms with van der Waals surface area (Å²) in [7, 11) is 0. The van der Waals surface area contributed by atoms with Crippen LogP contribution in [0.2, 0.25) is 5.02 Å². The number of hydrogen-bond donors (Lipinski definition) is 1. The molecule has 0 radical (unpaired) electrons. The lowest BCUT2D eigenvalue weighted by atomic mass is 9.92. The van der Waals surface area contributed by atoms with E-state index in [0.717, 1.165) is 24.9 Å². The molecule has 1 N–H and O–H groups in total. The van der Waals surface area contributed by atoms with Crippen molar-refractivity contribution in [2.45, 2.75) is 32.4 Å². The summed E-state index contributed by atoms with van der Waals surface area (Å²) in [4.78, 5) is 13.3. The largest absolute Gasteiger partial charge is 0.480 e. The van der Waals surface area contributed by atoms with Gasteiger partial charge in [0.05, 0.1) is 0 Å². The number of benzene rings is 1. The van der Waals surface area contributed by atoms with E-state index in [1.165, 1.54) is 0 Å². The van der Waals surface area contributed by atoms with Gasteiger partial charge in [-0.3, -0.25) is 9.69 Å². The van der Waals surface area contributed by atoms with Crippen molar-refractivity contribution in [1.29, 1.82) is 0 Å². The molecule has 98 valence electrons. The van der Waals surface area contributed by atoms with Crippen LogP contribution in [0.4, 0.5) is 0 Å². The second kappa shape index (κ2) is 5.72. The van der Waals surface area contributed by atoms with Gasteiger partial charge in [0.1, 0.15) is 6.04 Å². The third-order valence-electron chi connectivity index (χ3n) is 3.54. The molecule has 1 aliphatic heterocycles. The molecule has 2 unspecified atom stereocenters. The molecule has 18 heavy (non-hydrogen) atoms. The highest BCUT2D eigenvalue weighted by Gasteiger charge is 2.31. The first-order valence-corrected chi connectivity index (χ1v) is 6.65. The topological polar surface area (TPSA) is 40.5 Å². The molecule has 0 spiro atoms. The number of nitrogens with zero attached hydrogens (tertiary/aromatic N) is 1. The third kappa shape index (κ3) is 3.24. The molecule has 0 saturated carbocycles. The van der Waals surface area contributed by atoms with Gasteiger partial charge in [-0.05, 0) is 43.0 Å². The standard InChI is InChI=1S/C14H18ClNO2/c1-10-5-6-16(13(7-10)14(17)18)9-11-3-2-4-12(15)8-11/h2-4,8,10,13H,5-7,9H2,1H3,(H,17,18). The van der Waals surface area contributed by atoms with Gasteiger partial charge in [0, 0.05) is 11.6 Å². The number of hydrogen-bond acceptors (Lipinski definition) is 2. The van der Waals surface area contributed by atoms with Gasteiger partial charge < -0.3 is 5.11 Å². The number of halogens is 1. The van der Waals surface area contributed by atoms with Gasteiger partial charge in [-0.15, -0.1) is 0 Å². The Hall–Kier alpha value is -1.06. The summed E-state index contributed by atoms with van der Waals surface area (Å²) in [6.07, 6.45) is 1.79. The van der Waals surface area contributed by atoms with E-state index < -0.39 is 5.97 Å². The van der Waals surface area contributed by atoms with E-state index in [1.54, 1.807) is 0 Å². The zero-order chi connectivity index (χ0) is 13.1. The molecule has 0 bridgehead atoms. The summed E-state index contributed by atoms with van der Waals surface area (Å²) < 4.78 is 0. The molecular formula is C14H18ClNO2. The molecule has 1 aromatic carbocycles. The van der Waals surface area contributed by atoms with Crippen molar-refractivity contribution >= 4 is 17.6 Å². The summed E-state index contributed by atoms with van der Waals surface area (Å²) >= 11 is 5.95. The lowest BCUT2D eigenvalue weighted by molar-refractivity contribution is -0.145. The van der Waals surface area contributed by atoms with Crippen molar-refractivity contribution in [1.82, 2.24) is 4.90 Å². The summed E-state index contributed by atoms with van der Waals surface area (Å²) in [5.74, 6) is -0.231. The lowest BCUT2D eigenvalue weighted by Crippen LogP contribution is -2.46. The van der Waals surface area contributed by atoms with Crippen LogP contribution in [0.1, 0.15) is 25.3 Å². The van der Waals surface area contributed by atoms with Crippen LogP contribution in [0.15, 0.2) is 24.3 Å². The Morgan fingerprint density at radius 2 is 2.33 bits per heavy atom. The molecule has 0 aliphatic carbocycles. The molecule has 1 aromatic rings. The molecule has 1 saturated heterocycles. The number of piperidine rings is 1. The van der Waals surface area contributed by atoms with Crippen LogP contribution in [0.5, 0.6) is 0 Å². The van der Waals surface area contributed by atoms with Gasteiger partial charge in [0.25, 0.3) is 0 Å². The molecule has 1 fully saturated rings. The molecule has 2 rings (SSSR count). The molecule has 1 aliphatic rings. The Kier molecular flexibility index (Phi) is 4.25. The normalized spacial score (nSPS) is 25.0. The van der Waals surface area contributed by atoms with E-state index >= 15 is 0 Å². The number of carbonyl (C=O) groups is 1. The molecule has 1 heterocycles. The fourth-order valence-corrected chi connectivity index (χ4v) is 2.72. The van der Waals surface area contributed by atoms with E-state index in [-0.39, 0.29) is 6.04 Å². The van der Waals surface area contributed by atoms with Crippen molar-refractivity contribution in [3.8, 4) is 0 Å². The van der Waals surface area contributed by atoms with Crippen LogP contribution in [0.25, 0.3) is 0 Å². The third-order valence-corrected chi connectivity index (χ3v) is 3.77. The Morgan fingerprint density at radius 1 is 1.56 bits per heavy atom. The van der Waals surface area contributed by atoms with Gasteiger partial charge in [0.2, 0.25) is 0 Å². The van der Waals surface area contributed by atoms with Gasteiger partial charge in [-0.2, -0.15) is 0 Å². The SMILES string of the molecule is CC1CCN(Cc2cccc(Cl)c2)C(C(=O)O)C1. The first-order chi connectivity index (χ1) is 8.56. The maximum absolute atomic E-state index is 11.3. The first-order valence-electron chi connectivity index (χ1n) is 6.27. The predicted molar refractivity (Wildman–Crippen MR) is 71.7 cm³/mol. The molecular weight excluding hydrogens is 250 g/mol. The fourth-order valence-electron chi connectivity index (χ4n) is 2.51. The van der Waals surface area contributed by atoms with Gasteiger partial charge in [-0.25, -0.2) is 0 Å². The maximum atomic E-state index is 11.3. The van der Waals surface area contributed by atoms with Gasteiger partial charge >= 0.3 is 5.97 Å². The van der Waals surface area contributed by atoms with E-state index in [9.17, 15) is 9.90 Å². The van der Waals surface area contributed by atoms with Gasteiger partial charge in [0.15, 0.2) is 0 Å². The fraction of sp³-hybridized carbons (Fsp3) is 0.500. The van der Waals surface area contributed by atoms with Crippen LogP contribution >= 0.6 is 11.6 Å². The minimum atomic E-state index is -0.719.